The molecule has 3 amide bonds. The number of ether oxygens (including phenoxy) is 3. The summed E-state index contributed by atoms with van der Waals surface area (Å²) in [5.74, 6) is -1.97. The second-order valence-corrected chi connectivity index (χ2v) is 7.38. The number of hydrazine groups is 1. The quantitative estimate of drug-likeness (QED) is 0.581. The van der Waals surface area contributed by atoms with Gasteiger partial charge in [0.15, 0.2) is 6.61 Å². The molecule has 1 aliphatic rings. The number of anilines is 1. The number of hydrogen-bond acceptors (Lipinski definition) is 7. The molecule has 1 atom stereocenters. The minimum absolute atomic E-state index is 0.0385. The smallest absolute Gasteiger partial charge is 0.311 e. The Bertz CT molecular complexity index is 1070. The summed E-state index contributed by atoms with van der Waals surface area (Å²) in [5.41, 5.74) is 4.11. The average molecular weight is 455 g/mol. The Morgan fingerprint density at radius 2 is 1.85 bits per heavy atom. The van der Waals surface area contributed by atoms with Crippen LogP contribution in [0.15, 0.2) is 42.5 Å². The Labute approximate surface area is 190 Å². The number of nitrogens with zero attached hydrogens (tertiary/aromatic N) is 1. The van der Waals surface area contributed by atoms with E-state index in [0.717, 1.165) is 10.6 Å². The zero-order chi connectivity index (χ0) is 24.0. The molecule has 0 saturated carbocycles. The van der Waals surface area contributed by atoms with Crippen LogP contribution in [-0.4, -0.2) is 56.1 Å². The fourth-order valence-corrected chi connectivity index (χ4v) is 3.33. The van der Waals surface area contributed by atoms with Gasteiger partial charge in [-0.1, -0.05) is 18.2 Å². The molecule has 10 heteroatoms. The van der Waals surface area contributed by atoms with Crippen molar-refractivity contribution in [3.8, 4) is 11.5 Å². The molecular formula is C23H25N3O7. The van der Waals surface area contributed by atoms with Crippen molar-refractivity contribution >= 4 is 29.4 Å². The monoisotopic (exact) mass is 455 g/mol. The molecular weight excluding hydrogens is 430 g/mol. The second kappa shape index (κ2) is 10.5. The average Bonchev–Trinajstić information content (AvgIpc) is 3.18. The largest absolute Gasteiger partial charge is 0.497 e. The van der Waals surface area contributed by atoms with Crippen LogP contribution in [0, 0.1) is 12.8 Å². The number of carbonyl (C=O) groups excluding carboxylic acids is 4. The van der Waals surface area contributed by atoms with Crippen LogP contribution in [0.2, 0.25) is 0 Å². The lowest BCUT2D eigenvalue weighted by atomic mass is 10.1. The van der Waals surface area contributed by atoms with Crippen LogP contribution in [0.3, 0.4) is 0 Å². The van der Waals surface area contributed by atoms with Gasteiger partial charge < -0.3 is 19.5 Å². The molecule has 2 aromatic rings. The third kappa shape index (κ3) is 5.79. The van der Waals surface area contributed by atoms with Crippen LogP contribution in [0.1, 0.15) is 22.3 Å². The Morgan fingerprint density at radius 3 is 2.55 bits per heavy atom. The molecule has 1 aliphatic heterocycles. The number of nitrogens with one attached hydrogen (secondary N) is 2. The van der Waals surface area contributed by atoms with E-state index < -0.39 is 36.2 Å². The molecule has 1 fully saturated rings. The summed E-state index contributed by atoms with van der Waals surface area (Å²) in [6.07, 6.45) is -0.124. The first-order valence-corrected chi connectivity index (χ1v) is 10.2. The molecule has 0 aromatic heterocycles. The Hall–Kier alpha value is -4.08. The van der Waals surface area contributed by atoms with E-state index in [2.05, 4.69) is 10.7 Å². The lowest BCUT2D eigenvalue weighted by Crippen LogP contribution is -2.43. The van der Waals surface area contributed by atoms with Crippen LogP contribution in [-0.2, 0) is 19.1 Å². The number of aryl methyl sites for hydroxylation is 1. The third-order valence-electron chi connectivity index (χ3n) is 5.11. The summed E-state index contributed by atoms with van der Waals surface area (Å²) in [6.45, 7) is 1.21. The fraction of sp³-hybridized carbons (Fsp3) is 0.304. The fourth-order valence-electron chi connectivity index (χ4n) is 3.33. The zero-order valence-corrected chi connectivity index (χ0v) is 18.5. The molecule has 0 aliphatic carbocycles. The van der Waals surface area contributed by atoms with Gasteiger partial charge in [-0.25, -0.2) is 0 Å². The van der Waals surface area contributed by atoms with Gasteiger partial charge in [0.1, 0.15) is 11.5 Å². The summed E-state index contributed by atoms with van der Waals surface area (Å²) in [7, 11) is 2.96. The van der Waals surface area contributed by atoms with Crippen molar-refractivity contribution in [3.63, 3.8) is 0 Å². The molecule has 3 rings (SSSR count). The molecule has 0 radical (unpaired) electrons. The van der Waals surface area contributed by atoms with Crippen LogP contribution in [0.4, 0.5) is 5.69 Å². The molecule has 1 saturated heterocycles. The minimum Gasteiger partial charge on any atom is -0.497 e. The highest BCUT2D eigenvalue weighted by molar-refractivity contribution is 5.98. The second-order valence-electron chi connectivity index (χ2n) is 7.38. The summed E-state index contributed by atoms with van der Waals surface area (Å²) >= 11 is 0. The maximum Gasteiger partial charge on any atom is 0.311 e. The first-order valence-electron chi connectivity index (χ1n) is 10.2. The lowest BCUT2D eigenvalue weighted by molar-refractivity contribution is -0.151. The molecule has 2 N–H and O–H groups in total. The SMILES string of the molecule is COc1ccc(NC(=O)COC(=O)[C@@H]2CC(=O)N(NC(=O)c3ccccc3C)C2)c(OC)c1. The first kappa shape index (κ1) is 23.6. The number of rotatable bonds is 8. The van der Waals surface area contributed by atoms with Crippen molar-refractivity contribution < 1.29 is 33.4 Å². The van der Waals surface area contributed by atoms with Gasteiger partial charge in [-0.15, -0.1) is 0 Å². The summed E-state index contributed by atoms with van der Waals surface area (Å²) < 4.78 is 15.4. The maximum absolute atomic E-state index is 12.4. The van der Waals surface area contributed by atoms with Crippen molar-refractivity contribution in [1.29, 1.82) is 0 Å². The maximum atomic E-state index is 12.4. The molecule has 174 valence electrons. The normalized spacial score (nSPS) is 15.1. The van der Waals surface area contributed by atoms with Crippen LogP contribution in [0.5, 0.6) is 11.5 Å². The van der Waals surface area contributed by atoms with E-state index in [0.29, 0.717) is 22.7 Å². The predicted octanol–water partition coefficient (Wildman–Crippen LogP) is 1.69. The summed E-state index contributed by atoms with van der Waals surface area (Å²) in [4.78, 5) is 49.3. The van der Waals surface area contributed by atoms with E-state index >= 15 is 0 Å². The standard InChI is InChI=1S/C23H25N3O7/c1-14-6-4-5-7-17(14)22(29)25-26-12-15(10-21(26)28)23(30)33-13-20(27)24-18-9-8-16(31-2)11-19(18)32-3/h4-9,11,15H,10,12-13H2,1-3H3,(H,24,27)(H,25,29)/t15-/m1/s1. The summed E-state index contributed by atoms with van der Waals surface area (Å²) in [5, 5.41) is 3.69. The highest BCUT2D eigenvalue weighted by Gasteiger charge is 2.36. The number of hydrogen-bond donors (Lipinski definition) is 2. The van der Waals surface area contributed by atoms with Gasteiger partial charge in [0, 0.05) is 18.1 Å². The number of carbonyl (C=O) groups is 4. The van der Waals surface area contributed by atoms with Crippen LogP contribution < -0.4 is 20.2 Å². The van der Waals surface area contributed by atoms with Gasteiger partial charge in [0.25, 0.3) is 11.8 Å². The summed E-state index contributed by atoms with van der Waals surface area (Å²) in [6, 6.07) is 11.8. The highest BCUT2D eigenvalue weighted by Crippen LogP contribution is 2.29. The molecule has 33 heavy (non-hydrogen) atoms. The van der Waals surface area contributed by atoms with Crippen molar-refractivity contribution in [3.05, 3.63) is 53.6 Å². The zero-order valence-electron chi connectivity index (χ0n) is 18.5. The van der Waals surface area contributed by atoms with E-state index in [1.54, 1.807) is 49.4 Å². The molecule has 1 heterocycles. The number of amides is 3. The lowest BCUT2D eigenvalue weighted by Gasteiger charge is -2.18. The Balaban J connectivity index is 1.51. The highest BCUT2D eigenvalue weighted by atomic mass is 16.5. The predicted molar refractivity (Wildman–Crippen MR) is 118 cm³/mol. The van der Waals surface area contributed by atoms with Gasteiger partial charge in [-0.3, -0.25) is 29.6 Å². The van der Waals surface area contributed by atoms with Crippen molar-refractivity contribution in [2.45, 2.75) is 13.3 Å². The number of benzene rings is 2. The topological polar surface area (TPSA) is 123 Å². The molecule has 2 aromatic carbocycles. The molecule has 0 unspecified atom stereocenters. The van der Waals surface area contributed by atoms with Gasteiger partial charge in [-0.05, 0) is 30.7 Å². The Kier molecular flexibility index (Phi) is 7.50. The first-order chi connectivity index (χ1) is 15.8. The van der Waals surface area contributed by atoms with Crippen molar-refractivity contribution in [2.24, 2.45) is 5.92 Å². The molecule has 0 spiro atoms. The van der Waals surface area contributed by atoms with E-state index in [-0.39, 0.29) is 13.0 Å². The molecule has 0 bridgehead atoms. The van der Waals surface area contributed by atoms with Gasteiger partial charge in [-0.2, -0.15) is 0 Å². The van der Waals surface area contributed by atoms with E-state index in [4.69, 9.17) is 14.2 Å². The van der Waals surface area contributed by atoms with Gasteiger partial charge in [0.05, 0.1) is 32.4 Å². The molecule has 10 nitrogen and oxygen atoms in total. The van der Waals surface area contributed by atoms with Crippen molar-refractivity contribution in [1.82, 2.24) is 10.4 Å². The van der Waals surface area contributed by atoms with Crippen molar-refractivity contribution in [2.75, 3.05) is 32.7 Å². The number of esters is 1. The third-order valence-corrected chi connectivity index (χ3v) is 5.11. The van der Waals surface area contributed by atoms with E-state index in [9.17, 15) is 19.2 Å². The van der Waals surface area contributed by atoms with E-state index in [1.807, 2.05) is 0 Å². The number of methoxy groups -OCH3 is 2. The van der Waals surface area contributed by atoms with Crippen LogP contribution in [0.25, 0.3) is 0 Å². The Morgan fingerprint density at radius 1 is 1.09 bits per heavy atom. The van der Waals surface area contributed by atoms with E-state index in [1.165, 1.54) is 14.2 Å². The van der Waals surface area contributed by atoms with Crippen LogP contribution >= 0.6 is 0 Å². The minimum atomic E-state index is -0.794. The van der Waals surface area contributed by atoms with Gasteiger partial charge in [0.2, 0.25) is 5.91 Å². The van der Waals surface area contributed by atoms with Gasteiger partial charge >= 0.3 is 5.97 Å².